The van der Waals surface area contributed by atoms with Crippen molar-refractivity contribution in [2.75, 3.05) is 13.1 Å². The molecule has 0 bridgehead atoms. The topological polar surface area (TPSA) is 20.3 Å². The molecule has 1 aromatic rings. The molecule has 0 spiro atoms. The maximum Gasteiger partial charge on any atom is 0.156 e. The minimum Gasteiger partial charge on any atom is -0.297 e. The van der Waals surface area contributed by atoms with E-state index in [9.17, 15) is 9.18 Å². The smallest absolute Gasteiger partial charge is 0.156 e. The number of hydrogen-bond donors (Lipinski definition) is 0. The Labute approximate surface area is 108 Å². The normalized spacial score (nSPS) is 17.1. The van der Waals surface area contributed by atoms with E-state index in [1.54, 1.807) is 12.1 Å². The van der Waals surface area contributed by atoms with Crippen LogP contribution in [0.3, 0.4) is 0 Å². The van der Waals surface area contributed by atoms with Crippen LogP contribution in [0.4, 0.5) is 4.39 Å². The summed E-state index contributed by atoms with van der Waals surface area (Å²) in [4.78, 5) is 14.6. The molecule has 1 aliphatic rings. The van der Waals surface area contributed by atoms with Crippen LogP contribution in [-0.2, 0) is 11.2 Å². The van der Waals surface area contributed by atoms with Crippen molar-refractivity contribution in [1.82, 2.24) is 4.90 Å². The van der Waals surface area contributed by atoms with Crippen LogP contribution in [0.25, 0.3) is 0 Å². The molecule has 0 amide bonds. The van der Waals surface area contributed by atoms with Crippen molar-refractivity contribution in [2.24, 2.45) is 0 Å². The molecule has 0 aliphatic carbocycles. The molecule has 0 unspecified atom stereocenters. The van der Waals surface area contributed by atoms with Gasteiger partial charge in [0.25, 0.3) is 0 Å². The fourth-order valence-electron chi connectivity index (χ4n) is 2.46. The number of nitrogens with zero attached hydrogens (tertiary/aromatic N) is 1. The molecule has 0 N–H and O–H groups in total. The van der Waals surface area contributed by atoms with E-state index in [-0.39, 0.29) is 11.6 Å². The van der Waals surface area contributed by atoms with Crippen LogP contribution in [0, 0.1) is 5.82 Å². The van der Waals surface area contributed by atoms with E-state index in [2.05, 4.69) is 4.90 Å². The summed E-state index contributed by atoms with van der Waals surface area (Å²) in [7, 11) is 0. The molecular formula is C15H20FNO. The first-order valence-electron chi connectivity index (χ1n) is 6.53. The molecule has 3 heteroatoms. The molecule has 1 aromatic carbocycles. The van der Waals surface area contributed by atoms with E-state index in [0.29, 0.717) is 6.42 Å². The first kappa shape index (κ1) is 13.2. The van der Waals surface area contributed by atoms with Crippen molar-refractivity contribution in [3.05, 3.63) is 35.6 Å². The SMILES string of the molecule is CC(C)(C(=O)Cc1ccc(F)cc1)N1CCCC1. The van der Waals surface area contributed by atoms with Gasteiger partial charge in [0.1, 0.15) is 5.82 Å². The zero-order valence-electron chi connectivity index (χ0n) is 11.1. The lowest BCUT2D eigenvalue weighted by Crippen LogP contribution is -2.49. The molecule has 98 valence electrons. The Bertz CT molecular complexity index is 419. The number of hydrogen-bond acceptors (Lipinski definition) is 2. The monoisotopic (exact) mass is 249 g/mol. The van der Waals surface area contributed by atoms with E-state index < -0.39 is 5.54 Å². The number of Topliss-reactive ketones (excluding diaryl/α,β-unsaturated/α-hetero) is 1. The molecule has 1 aliphatic heterocycles. The molecule has 0 atom stereocenters. The molecule has 0 radical (unpaired) electrons. The average molecular weight is 249 g/mol. The Morgan fingerprint density at radius 1 is 1.22 bits per heavy atom. The average Bonchev–Trinajstić information content (AvgIpc) is 2.86. The fraction of sp³-hybridized carbons (Fsp3) is 0.533. The molecule has 0 saturated carbocycles. The van der Waals surface area contributed by atoms with Crippen molar-refractivity contribution >= 4 is 5.78 Å². The number of likely N-dealkylation sites (tertiary alicyclic amines) is 1. The van der Waals surface area contributed by atoms with Gasteiger partial charge in [0.2, 0.25) is 0 Å². The Balaban J connectivity index is 2.04. The van der Waals surface area contributed by atoms with Crippen LogP contribution >= 0.6 is 0 Å². The van der Waals surface area contributed by atoms with E-state index in [4.69, 9.17) is 0 Å². The van der Waals surface area contributed by atoms with Gasteiger partial charge in [0.05, 0.1) is 5.54 Å². The lowest BCUT2D eigenvalue weighted by Gasteiger charge is -2.34. The predicted molar refractivity (Wildman–Crippen MR) is 70.0 cm³/mol. The van der Waals surface area contributed by atoms with Gasteiger partial charge < -0.3 is 0 Å². The highest BCUT2D eigenvalue weighted by Gasteiger charge is 2.35. The highest BCUT2D eigenvalue weighted by Crippen LogP contribution is 2.23. The predicted octanol–water partition coefficient (Wildman–Crippen LogP) is 2.81. The Morgan fingerprint density at radius 2 is 1.78 bits per heavy atom. The van der Waals surface area contributed by atoms with Crippen molar-refractivity contribution < 1.29 is 9.18 Å². The number of ketones is 1. The Hall–Kier alpha value is -1.22. The minimum atomic E-state index is -0.412. The third-order valence-electron chi connectivity index (χ3n) is 3.86. The van der Waals surface area contributed by atoms with Crippen LogP contribution < -0.4 is 0 Å². The van der Waals surface area contributed by atoms with Crippen molar-refractivity contribution in [3.8, 4) is 0 Å². The van der Waals surface area contributed by atoms with Crippen LogP contribution in [-0.4, -0.2) is 29.3 Å². The summed E-state index contributed by atoms with van der Waals surface area (Å²) >= 11 is 0. The van der Waals surface area contributed by atoms with Gasteiger partial charge in [-0.15, -0.1) is 0 Å². The molecule has 0 aromatic heterocycles. The summed E-state index contributed by atoms with van der Waals surface area (Å²) in [5.41, 5.74) is 0.471. The minimum absolute atomic E-state index is 0.205. The maximum atomic E-state index is 12.8. The van der Waals surface area contributed by atoms with Gasteiger partial charge in [0.15, 0.2) is 5.78 Å². The highest BCUT2D eigenvalue weighted by atomic mass is 19.1. The number of carbonyl (C=O) groups excluding carboxylic acids is 1. The summed E-state index contributed by atoms with van der Waals surface area (Å²) in [6.07, 6.45) is 2.73. The lowest BCUT2D eigenvalue weighted by atomic mass is 9.92. The second-order valence-corrected chi connectivity index (χ2v) is 5.48. The van der Waals surface area contributed by atoms with E-state index >= 15 is 0 Å². The fourth-order valence-corrected chi connectivity index (χ4v) is 2.46. The first-order chi connectivity index (χ1) is 8.50. The van der Waals surface area contributed by atoms with Gasteiger partial charge in [0, 0.05) is 6.42 Å². The molecule has 2 nitrogen and oxygen atoms in total. The Morgan fingerprint density at radius 3 is 2.33 bits per heavy atom. The number of halogens is 1. The first-order valence-corrected chi connectivity index (χ1v) is 6.53. The summed E-state index contributed by atoms with van der Waals surface area (Å²) in [6, 6.07) is 6.19. The number of rotatable bonds is 4. The molecule has 2 rings (SSSR count). The van der Waals surface area contributed by atoms with E-state index in [0.717, 1.165) is 18.7 Å². The standard InChI is InChI=1S/C15H20FNO/c1-15(2,17-9-3-4-10-17)14(18)11-12-5-7-13(16)8-6-12/h5-8H,3-4,9-11H2,1-2H3. The quantitative estimate of drug-likeness (QED) is 0.818. The second-order valence-electron chi connectivity index (χ2n) is 5.48. The zero-order valence-corrected chi connectivity index (χ0v) is 11.1. The molecule has 18 heavy (non-hydrogen) atoms. The van der Waals surface area contributed by atoms with Crippen LogP contribution in [0.5, 0.6) is 0 Å². The summed E-state index contributed by atoms with van der Waals surface area (Å²) in [6.45, 7) is 5.98. The van der Waals surface area contributed by atoms with E-state index in [1.165, 1.54) is 25.0 Å². The summed E-state index contributed by atoms with van der Waals surface area (Å²) < 4.78 is 12.8. The molecule has 1 fully saturated rings. The third kappa shape index (κ3) is 2.78. The zero-order chi connectivity index (χ0) is 13.2. The summed E-state index contributed by atoms with van der Waals surface area (Å²) in [5, 5.41) is 0. The lowest BCUT2D eigenvalue weighted by molar-refractivity contribution is -0.128. The summed E-state index contributed by atoms with van der Waals surface area (Å²) in [5.74, 6) is -0.0546. The van der Waals surface area contributed by atoms with Crippen LogP contribution in [0.2, 0.25) is 0 Å². The van der Waals surface area contributed by atoms with Crippen LogP contribution in [0.1, 0.15) is 32.3 Å². The largest absolute Gasteiger partial charge is 0.297 e. The van der Waals surface area contributed by atoms with Gasteiger partial charge >= 0.3 is 0 Å². The Kier molecular flexibility index (Phi) is 3.81. The molecule has 1 heterocycles. The van der Waals surface area contributed by atoms with Gasteiger partial charge in [-0.1, -0.05) is 12.1 Å². The van der Waals surface area contributed by atoms with Gasteiger partial charge in [-0.3, -0.25) is 9.69 Å². The molecule has 1 saturated heterocycles. The highest BCUT2D eigenvalue weighted by molar-refractivity contribution is 5.89. The third-order valence-corrected chi connectivity index (χ3v) is 3.86. The van der Waals surface area contributed by atoms with E-state index in [1.807, 2.05) is 13.8 Å². The molecular weight excluding hydrogens is 229 g/mol. The van der Waals surface area contributed by atoms with Crippen LogP contribution in [0.15, 0.2) is 24.3 Å². The van der Waals surface area contributed by atoms with Crippen molar-refractivity contribution in [2.45, 2.75) is 38.6 Å². The number of carbonyl (C=O) groups is 1. The van der Waals surface area contributed by atoms with Gasteiger partial charge in [-0.2, -0.15) is 0 Å². The van der Waals surface area contributed by atoms with Crippen molar-refractivity contribution in [3.63, 3.8) is 0 Å². The second kappa shape index (κ2) is 5.19. The van der Waals surface area contributed by atoms with Crippen molar-refractivity contribution in [1.29, 1.82) is 0 Å². The maximum absolute atomic E-state index is 12.8. The number of benzene rings is 1. The van der Waals surface area contributed by atoms with Gasteiger partial charge in [-0.25, -0.2) is 4.39 Å². The van der Waals surface area contributed by atoms with Gasteiger partial charge in [-0.05, 0) is 57.5 Å².